The van der Waals surface area contributed by atoms with Gasteiger partial charge < -0.3 is 9.13 Å². The minimum absolute atomic E-state index is 0.152. The number of hydrogen-bond donors (Lipinski definition) is 0. The smallest absolute Gasteiger partial charge is 0.241 e. The van der Waals surface area contributed by atoms with Gasteiger partial charge in [-0.05, 0) is 72.8 Å². The fourth-order valence-corrected chi connectivity index (χ4v) is 9.88. The summed E-state index contributed by atoms with van der Waals surface area (Å²) in [6.07, 6.45) is 0. The van der Waals surface area contributed by atoms with E-state index in [1.165, 1.54) is 0 Å². The standard InChI is InChI=1S/C58H34B2N6/c1-63-47-28-23-43(24-29-47)59(41-19-15-39(37-61)16-20-41)45-9-8-12-50(35-45)66-53-14-7-6-13-51(53)57-55(66)33-34-56-58(57)52-36-46(27-32-54(52)65(56)49-10-4-3-5-11-49)60(42-21-17-40(38-62)18-22-42)44-25-30-48(64-2)31-26-44/h3-36H. The van der Waals surface area contributed by atoms with E-state index in [0.717, 1.165) is 87.8 Å². The number of nitriles is 2. The third-order valence-electron chi connectivity index (χ3n) is 12.9. The maximum atomic E-state index is 9.68. The van der Waals surface area contributed by atoms with Gasteiger partial charge in [-0.15, -0.1) is 0 Å². The second-order valence-corrected chi connectivity index (χ2v) is 16.5. The number of aromatic nitrogens is 2. The monoisotopic (exact) mass is 836 g/mol. The Morgan fingerprint density at radius 2 is 0.788 bits per heavy atom. The van der Waals surface area contributed by atoms with Crippen LogP contribution in [-0.4, -0.2) is 22.6 Å². The molecule has 0 bridgehead atoms. The van der Waals surface area contributed by atoms with Crippen LogP contribution in [0.15, 0.2) is 206 Å². The van der Waals surface area contributed by atoms with Crippen molar-refractivity contribution >= 4 is 101 Å². The first-order chi connectivity index (χ1) is 32.5. The zero-order valence-electron chi connectivity index (χ0n) is 35.5. The molecule has 2 aromatic heterocycles. The molecule has 8 heteroatoms. The van der Waals surface area contributed by atoms with E-state index in [-0.39, 0.29) is 13.4 Å². The quantitative estimate of drug-likeness (QED) is 0.113. The van der Waals surface area contributed by atoms with Crippen LogP contribution < -0.4 is 32.8 Å². The molecule has 66 heavy (non-hydrogen) atoms. The maximum Gasteiger partial charge on any atom is 0.241 e. The van der Waals surface area contributed by atoms with Gasteiger partial charge in [-0.25, -0.2) is 9.69 Å². The van der Waals surface area contributed by atoms with Crippen LogP contribution in [0, 0.1) is 35.8 Å². The van der Waals surface area contributed by atoms with E-state index in [4.69, 9.17) is 13.1 Å². The van der Waals surface area contributed by atoms with Gasteiger partial charge in [0.1, 0.15) is 0 Å². The van der Waals surface area contributed by atoms with Crippen molar-refractivity contribution in [3.8, 4) is 23.5 Å². The summed E-state index contributed by atoms with van der Waals surface area (Å²) >= 11 is 0. The maximum absolute atomic E-state index is 9.68. The number of nitrogens with zero attached hydrogens (tertiary/aromatic N) is 6. The van der Waals surface area contributed by atoms with Crippen molar-refractivity contribution < 1.29 is 0 Å². The molecule has 6 nitrogen and oxygen atoms in total. The Morgan fingerprint density at radius 1 is 0.364 bits per heavy atom. The molecule has 0 radical (unpaired) electrons. The van der Waals surface area contributed by atoms with Crippen LogP contribution in [0.2, 0.25) is 0 Å². The molecule has 0 unspecified atom stereocenters. The van der Waals surface area contributed by atoms with Gasteiger partial charge in [0.15, 0.2) is 11.4 Å². The average Bonchev–Trinajstić information content (AvgIpc) is 3.90. The van der Waals surface area contributed by atoms with Crippen molar-refractivity contribution in [2.75, 3.05) is 0 Å². The molecule has 0 aliphatic rings. The van der Waals surface area contributed by atoms with Crippen LogP contribution in [-0.2, 0) is 0 Å². The molecule has 0 fully saturated rings. The molecule has 2 heterocycles. The second kappa shape index (κ2) is 16.4. The van der Waals surface area contributed by atoms with Crippen molar-refractivity contribution in [2.24, 2.45) is 0 Å². The molecule has 9 aromatic carbocycles. The van der Waals surface area contributed by atoms with Gasteiger partial charge >= 0.3 is 0 Å². The lowest BCUT2D eigenvalue weighted by Crippen LogP contribution is -2.52. The van der Waals surface area contributed by atoms with Crippen LogP contribution >= 0.6 is 0 Å². The van der Waals surface area contributed by atoms with Crippen LogP contribution in [0.25, 0.3) is 64.7 Å². The average molecular weight is 837 g/mol. The number of para-hydroxylation sites is 2. The third kappa shape index (κ3) is 6.67. The highest BCUT2D eigenvalue weighted by atomic mass is 15.0. The SMILES string of the molecule is [C-]#[N+]c1ccc(B(c2ccc(C#N)cc2)c2cccc(-n3c4ccccc4c4c5c6cc(B(c7ccc(C#N)cc7)c7ccc([N+]#[C-])cc7)ccc6n(-c6ccccc6)c5ccc43)c2)cc1. The summed E-state index contributed by atoms with van der Waals surface area (Å²) in [5, 5.41) is 23.9. The van der Waals surface area contributed by atoms with Gasteiger partial charge in [0.05, 0.1) is 58.5 Å². The van der Waals surface area contributed by atoms with Crippen molar-refractivity contribution in [2.45, 2.75) is 0 Å². The number of fused-ring (bicyclic) bond motifs is 7. The highest BCUT2D eigenvalue weighted by molar-refractivity contribution is 6.96. The molecule has 11 rings (SSSR count). The topological polar surface area (TPSA) is 66.2 Å². The van der Waals surface area contributed by atoms with Gasteiger partial charge in [0.2, 0.25) is 13.4 Å². The largest absolute Gasteiger partial charge is 0.309 e. The number of rotatable bonds is 8. The summed E-state index contributed by atoms with van der Waals surface area (Å²) in [5.41, 5.74) is 15.2. The van der Waals surface area contributed by atoms with Crippen molar-refractivity contribution in [1.29, 1.82) is 10.5 Å². The minimum Gasteiger partial charge on any atom is -0.309 e. The summed E-state index contributed by atoms with van der Waals surface area (Å²) in [6.45, 7) is 14.9. The lowest BCUT2D eigenvalue weighted by molar-refractivity contribution is 1.17. The van der Waals surface area contributed by atoms with E-state index >= 15 is 0 Å². The Bertz CT molecular complexity index is 3730. The van der Waals surface area contributed by atoms with E-state index in [0.29, 0.717) is 22.5 Å². The van der Waals surface area contributed by atoms with Gasteiger partial charge in [0.25, 0.3) is 0 Å². The van der Waals surface area contributed by atoms with Crippen LogP contribution in [0.3, 0.4) is 0 Å². The Morgan fingerprint density at radius 3 is 1.33 bits per heavy atom. The fraction of sp³-hybridized carbons (Fsp3) is 0. The third-order valence-corrected chi connectivity index (χ3v) is 12.9. The molecule has 0 aliphatic carbocycles. The fourth-order valence-electron chi connectivity index (χ4n) is 9.88. The molecule has 0 N–H and O–H groups in total. The Kier molecular flexibility index (Phi) is 9.83. The van der Waals surface area contributed by atoms with Crippen LogP contribution in [0.4, 0.5) is 11.4 Å². The molecule has 0 saturated carbocycles. The first-order valence-corrected chi connectivity index (χ1v) is 21.7. The number of hydrogen-bond acceptors (Lipinski definition) is 2. The van der Waals surface area contributed by atoms with Crippen molar-refractivity contribution in [3.63, 3.8) is 0 Å². The summed E-state index contributed by atoms with van der Waals surface area (Å²) in [6, 6.07) is 75.0. The first kappa shape index (κ1) is 39.5. The molecule has 0 aliphatic heterocycles. The van der Waals surface area contributed by atoms with E-state index in [1.807, 2.05) is 103 Å². The second-order valence-electron chi connectivity index (χ2n) is 16.5. The van der Waals surface area contributed by atoms with E-state index in [2.05, 4.69) is 134 Å². The Labute approximate surface area is 382 Å². The Balaban J connectivity index is 1.17. The zero-order chi connectivity index (χ0) is 44.7. The molecular formula is C58H34B2N6. The van der Waals surface area contributed by atoms with Crippen LogP contribution in [0.5, 0.6) is 0 Å². The molecule has 0 spiro atoms. The summed E-state index contributed by atoms with van der Waals surface area (Å²) < 4.78 is 4.74. The summed E-state index contributed by atoms with van der Waals surface area (Å²) in [4.78, 5) is 7.31. The number of benzene rings is 9. The van der Waals surface area contributed by atoms with Crippen molar-refractivity contribution in [3.05, 3.63) is 240 Å². The summed E-state index contributed by atoms with van der Waals surface area (Å²) in [5.74, 6) is 0. The predicted molar refractivity (Wildman–Crippen MR) is 272 cm³/mol. The highest BCUT2D eigenvalue weighted by Crippen LogP contribution is 2.42. The van der Waals surface area contributed by atoms with Crippen LogP contribution in [0.1, 0.15) is 11.1 Å². The van der Waals surface area contributed by atoms with E-state index < -0.39 is 0 Å². The van der Waals surface area contributed by atoms with Gasteiger partial charge in [-0.3, -0.25) is 0 Å². The lowest BCUT2D eigenvalue weighted by Gasteiger charge is -2.18. The molecule has 302 valence electrons. The van der Waals surface area contributed by atoms with Gasteiger partial charge in [-0.2, -0.15) is 10.5 Å². The first-order valence-electron chi connectivity index (χ1n) is 21.7. The van der Waals surface area contributed by atoms with E-state index in [9.17, 15) is 10.5 Å². The van der Waals surface area contributed by atoms with Gasteiger partial charge in [0, 0.05) is 32.9 Å². The highest BCUT2D eigenvalue weighted by Gasteiger charge is 2.27. The minimum atomic E-state index is -0.165. The summed E-state index contributed by atoms with van der Waals surface area (Å²) in [7, 11) is 0. The van der Waals surface area contributed by atoms with Crippen molar-refractivity contribution in [1.82, 2.24) is 9.13 Å². The molecular weight excluding hydrogens is 802 g/mol. The normalized spacial score (nSPS) is 11.0. The lowest BCUT2D eigenvalue weighted by atomic mass is 9.37. The molecule has 11 aromatic rings. The van der Waals surface area contributed by atoms with E-state index in [1.54, 1.807) is 0 Å². The Hall–Kier alpha value is -9.33. The molecule has 0 atom stereocenters. The zero-order valence-corrected chi connectivity index (χ0v) is 35.5. The predicted octanol–water partition coefficient (Wildman–Crippen LogP) is 9.76. The molecule has 0 saturated heterocycles. The van der Waals surface area contributed by atoms with Gasteiger partial charge in [-0.1, -0.05) is 166 Å². The molecule has 0 amide bonds.